The highest BCUT2D eigenvalue weighted by molar-refractivity contribution is 8.26. The minimum atomic E-state index is -0.439. The molecule has 0 aromatic heterocycles. The van der Waals surface area contributed by atoms with Crippen molar-refractivity contribution in [1.82, 2.24) is 4.90 Å². The van der Waals surface area contributed by atoms with Crippen molar-refractivity contribution in [2.45, 2.75) is 20.5 Å². The van der Waals surface area contributed by atoms with E-state index in [1.807, 2.05) is 19.9 Å². The minimum absolute atomic E-state index is 0.0147. The van der Waals surface area contributed by atoms with E-state index < -0.39 is 4.92 Å². The van der Waals surface area contributed by atoms with Crippen LogP contribution < -0.4 is 9.47 Å². The van der Waals surface area contributed by atoms with Crippen LogP contribution in [0.25, 0.3) is 6.08 Å². The second kappa shape index (κ2) is 9.73. The molecule has 156 valence electrons. The number of benzene rings is 2. The summed E-state index contributed by atoms with van der Waals surface area (Å²) in [4.78, 5) is 25.0. The SMILES string of the molecule is CCOc1cc(/C=C2/SC(=S)N(CC)C2=O)ccc1OCc1cccc([N+](=O)[O-])c1. The largest absolute Gasteiger partial charge is 0.490 e. The molecular weight excluding hydrogens is 424 g/mol. The Labute approximate surface area is 183 Å². The number of hydrogen-bond acceptors (Lipinski definition) is 7. The molecule has 0 unspecified atom stereocenters. The molecule has 0 N–H and O–H groups in total. The molecule has 0 spiro atoms. The molecule has 3 rings (SSSR count). The third-order valence-corrected chi connectivity index (χ3v) is 5.65. The van der Waals surface area contributed by atoms with Gasteiger partial charge in [0.15, 0.2) is 11.5 Å². The van der Waals surface area contributed by atoms with Crippen molar-refractivity contribution in [2.75, 3.05) is 13.2 Å². The molecule has 30 heavy (non-hydrogen) atoms. The summed E-state index contributed by atoms with van der Waals surface area (Å²) in [6.07, 6.45) is 1.78. The van der Waals surface area contributed by atoms with Gasteiger partial charge in [0.05, 0.1) is 16.4 Å². The van der Waals surface area contributed by atoms with E-state index in [4.69, 9.17) is 21.7 Å². The fourth-order valence-electron chi connectivity index (χ4n) is 2.85. The normalized spacial score (nSPS) is 15.0. The number of hydrogen-bond donors (Lipinski definition) is 0. The Bertz CT molecular complexity index is 1020. The van der Waals surface area contributed by atoms with E-state index >= 15 is 0 Å². The number of nitro groups is 1. The van der Waals surface area contributed by atoms with Gasteiger partial charge in [-0.25, -0.2) is 0 Å². The molecule has 0 aliphatic carbocycles. The van der Waals surface area contributed by atoms with Gasteiger partial charge in [0, 0.05) is 18.7 Å². The highest BCUT2D eigenvalue weighted by atomic mass is 32.2. The summed E-state index contributed by atoms with van der Waals surface area (Å²) >= 11 is 6.52. The van der Waals surface area contributed by atoms with E-state index in [0.29, 0.717) is 39.4 Å². The zero-order chi connectivity index (χ0) is 21.7. The van der Waals surface area contributed by atoms with Crippen molar-refractivity contribution in [3.05, 3.63) is 68.6 Å². The molecular formula is C21H20N2O5S2. The van der Waals surface area contributed by atoms with Gasteiger partial charge in [-0.2, -0.15) is 0 Å². The highest BCUT2D eigenvalue weighted by Gasteiger charge is 2.30. The molecule has 1 saturated heterocycles. The molecule has 0 atom stereocenters. The molecule has 2 aromatic carbocycles. The molecule has 1 amide bonds. The topological polar surface area (TPSA) is 81.9 Å². The van der Waals surface area contributed by atoms with Crippen LogP contribution in [0.5, 0.6) is 11.5 Å². The Kier molecular flexibility index (Phi) is 7.07. The number of carbonyl (C=O) groups is 1. The van der Waals surface area contributed by atoms with Crippen molar-refractivity contribution in [3.8, 4) is 11.5 Å². The van der Waals surface area contributed by atoms with Crippen molar-refractivity contribution in [2.24, 2.45) is 0 Å². The highest BCUT2D eigenvalue weighted by Crippen LogP contribution is 2.35. The third kappa shape index (κ3) is 4.98. The van der Waals surface area contributed by atoms with Crippen LogP contribution in [0.2, 0.25) is 0 Å². The molecule has 2 aromatic rings. The zero-order valence-corrected chi connectivity index (χ0v) is 18.1. The Morgan fingerprint density at radius 1 is 1.17 bits per heavy atom. The van der Waals surface area contributed by atoms with Gasteiger partial charge in [0.2, 0.25) is 0 Å². The lowest BCUT2D eigenvalue weighted by Crippen LogP contribution is -2.27. The van der Waals surface area contributed by atoms with Gasteiger partial charge >= 0.3 is 0 Å². The van der Waals surface area contributed by atoms with Crippen LogP contribution in [0.15, 0.2) is 47.4 Å². The second-order valence-electron chi connectivity index (χ2n) is 6.28. The number of amides is 1. The predicted molar refractivity (Wildman–Crippen MR) is 121 cm³/mol. The Balaban J connectivity index is 1.79. The number of rotatable bonds is 8. The average molecular weight is 445 g/mol. The Morgan fingerprint density at radius 3 is 2.63 bits per heavy atom. The summed E-state index contributed by atoms with van der Waals surface area (Å²) in [5, 5.41) is 10.9. The van der Waals surface area contributed by atoms with E-state index in [9.17, 15) is 14.9 Å². The predicted octanol–water partition coefficient (Wildman–Crippen LogP) is 4.79. The molecule has 0 radical (unpaired) electrons. The standard InChI is InChI=1S/C21H20N2O5S2/c1-3-22-20(24)19(30-21(22)29)12-14-8-9-17(18(11-14)27-4-2)28-13-15-6-5-7-16(10-15)23(25)26/h5-12H,3-4,13H2,1-2H3/b19-12+. The Morgan fingerprint density at radius 2 is 1.97 bits per heavy atom. The van der Waals surface area contributed by atoms with Crippen LogP contribution in [0.4, 0.5) is 5.69 Å². The Hall–Kier alpha value is -2.91. The van der Waals surface area contributed by atoms with Gasteiger partial charge < -0.3 is 9.47 Å². The number of carbonyl (C=O) groups excluding carboxylic acids is 1. The smallest absolute Gasteiger partial charge is 0.269 e. The number of thioether (sulfide) groups is 1. The molecule has 1 aliphatic heterocycles. The maximum Gasteiger partial charge on any atom is 0.269 e. The lowest BCUT2D eigenvalue weighted by Gasteiger charge is -2.13. The lowest BCUT2D eigenvalue weighted by atomic mass is 10.1. The van der Waals surface area contributed by atoms with E-state index in [1.165, 1.54) is 23.9 Å². The molecule has 9 heteroatoms. The van der Waals surface area contributed by atoms with E-state index in [1.54, 1.807) is 35.2 Å². The maximum absolute atomic E-state index is 12.4. The van der Waals surface area contributed by atoms with Crippen LogP contribution in [-0.2, 0) is 11.4 Å². The van der Waals surface area contributed by atoms with Crippen LogP contribution in [-0.4, -0.2) is 33.2 Å². The molecule has 0 saturated carbocycles. The number of nitro benzene ring substituents is 1. The maximum atomic E-state index is 12.4. The summed E-state index contributed by atoms with van der Waals surface area (Å²) < 4.78 is 12.1. The van der Waals surface area contributed by atoms with Crippen LogP contribution in [0.1, 0.15) is 25.0 Å². The summed E-state index contributed by atoms with van der Waals surface area (Å²) in [6, 6.07) is 11.7. The molecule has 0 bridgehead atoms. The number of thiocarbonyl (C=S) groups is 1. The van der Waals surface area contributed by atoms with Crippen LogP contribution >= 0.6 is 24.0 Å². The first kappa shape index (κ1) is 21.8. The van der Waals surface area contributed by atoms with Gasteiger partial charge in [0.25, 0.3) is 11.6 Å². The van der Waals surface area contributed by atoms with Crippen molar-refractivity contribution in [3.63, 3.8) is 0 Å². The second-order valence-corrected chi connectivity index (χ2v) is 7.96. The van der Waals surface area contributed by atoms with Crippen LogP contribution in [0, 0.1) is 10.1 Å². The molecule has 1 heterocycles. The summed E-state index contributed by atoms with van der Waals surface area (Å²) in [6.45, 7) is 4.89. The van der Waals surface area contributed by atoms with Crippen molar-refractivity contribution in [1.29, 1.82) is 0 Å². The molecule has 7 nitrogen and oxygen atoms in total. The van der Waals surface area contributed by atoms with E-state index in [0.717, 1.165) is 5.56 Å². The quantitative estimate of drug-likeness (QED) is 0.250. The van der Waals surface area contributed by atoms with Gasteiger partial charge in [0.1, 0.15) is 10.9 Å². The number of nitrogens with zero attached hydrogens (tertiary/aromatic N) is 2. The third-order valence-electron chi connectivity index (χ3n) is 4.27. The molecule has 1 fully saturated rings. The van der Waals surface area contributed by atoms with Gasteiger partial charge in [-0.05, 0) is 43.2 Å². The monoisotopic (exact) mass is 444 g/mol. The first-order valence-corrected chi connectivity index (χ1v) is 10.5. The fourth-order valence-corrected chi connectivity index (χ4v) is 4.23. The first-order valence-electron chi connectivity index (χ1n) is 9.31. The summed E-state index contributed by atoms with van der Waals surface area (Å²) in [7, 11) is 0. The van der Waals surface area contributed by atoms with Crippen molar-refractivity contribution >= 4 is 46.0 Å². The van der Waals surface area contributed by atoms with Gasteiger partial charge in [-0.15, -0.1) is 0 Å². The number of likely N-dealkylation sites (N-methyl/N-ethyl adjacent to an activating group) is 1. The van der Waals surface area contributed by atoms with E-state index in [-0.39, 0.29) is 18.2 Å². The minimum Gasteiger partial charge on any atom is -0.490 e. The molecule has 1 aliphatic rings. The van der Waals surface area contributed by atoms with Crippen molar-refractivity contribution < 1.29 is 19.2 Å². The van der Waals surface area contributed by atoms with Gasteiger partial charge in [-0.3, -0.25) is 19.8 Å². The van der Waals surface area contributed by atoms with E-state index in [2.05, 4.69) is 0 Å². The zero-order valence-electron chi connectivity index (χ0n) is 16.5. The summed E-state index contributed by atoms with van der Waals surface area (Å²) in [5.74, 6) is 0.945. The summed E-state index contributed by atoms with van der Waals surface area (Å²) in [5.41, 5.74) is 1.48. The van der Waals surface area contributed by atoms with Crippen LogP contribution in [0.3, 0.4) is 0 Å². The first-order chi connectivity index (χ1) is 14.4. The van der Waals surface area contributed by atoms with Gasteiger partial charge in [-0.1, -0.05) is 42.2 Å². The number of non-ortho nitro benzene ring substituents is 1. The fraction of sp³-hybridized carbons (Fsp3) is 0.238. The number of ether oxygens (including phenoxy) is 2. The lowest BCUT2D eigenvalue weighted by molar-refractivity contribution is -0.384. The average Bonchev–Trinajstić information content (AvgIpc) is 3.00.